The Bertz CT molecular complexity index is 355. The first-order valence-corrected chi connectivity index (χ1v) is 9.41. The second-order valence-corrected chi connectivity index (χ2v) is 9.16. The molecule has 3 rings (SSSR count). The Kier molecular flexibility index (Phi) is 4.40. The van der Waals surface area contributed by atoms with E-state index in [1.807, 2.05) is 0 Å². The van der Waals surface area contributed by atoms with Crippen LogP contribution in [0.3, 0.4) is 0 Å². The Balaban J connectivity index is 1.70. The van der Waals surface area contributed by atoms with E-state index in [0.717, 1.165) is 17.9 Å². The number of nitrogens with one attached hydrogen (secondary N) is 1. The van der Waals surface area contributed by atoms with Gasteiger partial charge in [0.15, 0.2) is 0 Å². The quantitative estimate of drug-likeness (QED) is 0.841. The van der Waals surface area contributed by atoms with Crippen LogP contribution in [0.1, 0.15) is 72.6 Å². The minimum atomic E-state index is 0.385. The molecular weight excluding hydrogens is 256 g/mol. The molecule has 2 nitrogen and oxygen atoms in total. The Hall–Kier alpha value is -0.0800. The van der Waals surface area contributed by atoms with Crippen molar-refractivity contribution in [3.63, 3.8) is 0 Å². The molecule has 2 atom stereocenters. The van der Waals surface area contributed by atoms with Crippen molar-refractivity contribution in [3.8, 4) is 0 Å². The van der Waals surface area contributed by atoms with Crippen LogP contribution in [0, 0.1) is 17.3 Å². The molecule has 122 valence electrons. The maximum absolute atomic E-state index is 3.93. The number of hydrogen-bond donors (Lipinski definition) is 1. The van der Waals surface area contributed by atoms with Crippen molar-refractivity contribution in [3.05, 3.63) is 0 Å². The second-order valence-electron chi connectivity index (χ2n) is 9.16. The maximum atomic E-state index is 3.93. The number of rotatable bonds is 4. The van der Waals surface area contributed by atoms with E-state index < -0.39 is 0 Å². The van der Waals surface area contributed by atoms with Crippen LogP contribution >= 0.6 is 0 Å². The van der Waals surface area contributed by atoms with E-state index in [9.17, 15) is 0 Å². The highest BCUT2D eigenvalue weighted by molar-refractivity contribution is 5.05. The maximum Gasteiger partial charge on any atom is 0.0309 e. The van der Waals surface area contributed by atoms with E-state index in [4.69, 9.17) is 0 Å². The Morgan fingerprint density at radius 3 is 2.33 bits per heavy atom. The van der Waals surface area contributed by atoms with E-state index >= 15 is 0 Å². The summed E-state index contributed by atoms with van der Waals surface area (Å²) in [6, 6.07) is 0.732. The van der Waals surface area contributed by atoms with Crippen molar-refractivity contribution < 1.29 is 0 Å². The van der Waals surface area contributed by atoms with E-state index in [-0.39, 0.29) is 0 Å². The zero-order chi connectivity index (χ0) is 15.1. The SMILES string of the molecule is CC(C)C1CNC(C)(C2CC2)CN1CC1(C)CCCCC1. The molecule has 1 heterocycles. The molecule has 0 aromatic heterocycles. The van der Waals surface area contributed by atoms with Crippen LogP contribution in [-0.4, -0.2) is 36.1 Å². The molecule has 1 saturated heterocycles. The van der Waals surface area contributed by atoms with Gasteiger partial charge in [-0.15, -0.1) is 0 Å². The molecule has 0 amide bonds. The lowest BCUT2D eigenvalue weighted by Gasteiger charge is -2.51. The van der Waals surface area contributed by atoms with Gasteiger partial charge < -0.3 is 5.32 Å². The fourth-order valence-electron chi connectivity index (χ4n) is 4.94. The predicted octanol–water partition coefficient (Wildman–Crippen LogP) is 4.06. The average molecular weight is 293 g/mol. The smallest absolute Gasteiger partial charge is 0.0309 e. The van der Waals surface area contributed by atoms with Crippen LogP contribution in [0.2, 0.25) is 0 Å². The molecule has 21 heavy (non-hydrogen) atoms. The summed E-state index contributed by atoms with van der Waals surface area (Å²) < 4.78 is 0. The summed E-state index contributed by atoms with van der Waals surface area (Å²) in [6.07, 6.45) is 10.2. The van der Waals surface area contributed by atoms with Gasteiger partial charge in [0, 0.05) is 31.2 Å². The fraction of sp³-hybridized carbons (Fsp3) is 1.00. The third-order valence-corrected chi connectivity index (χ3v) is 6.61. The fourth-order valence-corrected chi connectivity index (χ4v) is 4.94. The van der Waals surface area contributed by atoms with Gasteiger partial charge in [0.2, 0.25) is 0 Å². The monoisotopic (exact) mass is 292 g/mol. The standard InChI is InChI=1S/C19H36N2/c1-15(2)17-12-20-19(4,16-8-9-16)14-21(17)13-18(3)10-6-5-7-11-18/h15-17,20H,5-14H2,1-4H3. The molecule has 3 aliphatic rings. The van der Waals surface area contributed by atoms with Gasteiger partial charge in [0.1, 0.15) is 0 Å². The van der Waals surface area contributed by atoms with Crippen LogP contribution in [-0.2, 0) is 0 Å². The average Bonchev–Trinajstić information content (AvgIpc) is 3.23. The summed E-state index contributed by atoms with van der Waals surface area (Å²) in [5.74, 6) is 1.70. The molecule has 3 fully saturated rings. The first-order chi connectivity index (χ1) is 9.92. The van der Waals surface area contributed by atoms with E-state index in [2.05, 4.69) is 37.9 Å². The van der Waals surface area contributed by atoms with Gasteiger partial charge in [-0.1, -0.05) is 40.0 Å². The number of piperazine rings is 1. The highest BCUT2D eigenvalue weighted by Gasteiger charge is 2.47. The molecule has 2 saturated carbocycles. The summed E-state index contributed by atoms with van der Waals surface area (Å²) in [5.41, 5.74) is 0.962. The van der Waals surface area contributed by atoms with E-state index in [1.54, 1.807) is 0 Å². The number of nitrogens with zero attached hydrogens (tertiary/aromatic N) is 1. The van der Waals surface area contributed by atoms with Crippen LogP contribution < -0.4 is 5.32 Å². The van der Waals surface area contributed by atoms with Crippen molar-refractivity contribution in [1.82, 2.24) is 10.2 Å². The van der Waals surface area contributed by atoms with Gasteiger partial charge in [-0.05, 0) is 49.9 Å². The third kappa shape index (κ3) is 3.47. The molecule has 2 heteroatoms. The van der Waals surface area contributed by atoms with Gasteiger partial charge in [0.05, 0.1) is 0 Å². The summed E-state index contributed by atoms with van der Waals surface area (Å²) in [7, 11) is 0. The van der Waals surface area contributed by atoms with Gasteiger partial charge in [-0.3, -0.25) is 4.90 Å². The van der Waals surface area contributed by atoms with Crippen molar-refractivity contribution in [2.24, 2.45) is 17.3 Å². The van der Waals surface area contributed by atoms with Crippen molar-refractivity contribution in [2.45, 2.75) is 84.2 Å². The first kappa shape index (κ1) is 15.8. The molecular formula is C19H36N2. The van der Waals surface area contributed by atoms with Gasteiger partial charge >= 0.3 is 0 Å². The molecule has 2 unspecified atom stereocenters. The molecule has 0 radical (unpaired) electrons. The van der Waals surface area contributed by atoms with Crippen molar-refractivity contribution in [1.29, 1.82) is 0 Å². The molecule has 1 N–H and O–H groups in total. The lowest BCUT2D eigenvalue weighted by molar-refractivity contribution is 0.0106. The highest BCUT2D eigenvalue weighted by atomic mass is 15.3. The van der Waals surface area contributed by atoms with Crippen LogP contribution in [0.25, 0.3) is 0 Å². The highest BCUT2D eigenvalue weighted by Crippen LogP contribution is 2.43. The normalized spacial score (nSPS) is 37.9. The first-order valence-electron chi connectivity index (χ1n) is 9.41. The molecule has 2 aliphatic carbocycles. The zero-order valence-corrected chi connectivity index (χ0v) is 14.8. The Morgan fingerprint density at radius 1 is 1.10 bits per heavy atom. The minimum absolute atomic E-state index is 0.385. The van der Waals surface area contributed by atoms with Crippen LogP contribution in [0.15, 0.2) is 0 Å². The zero-order valence-electron chi connectivity index (χ0n) is 14.8. The van der Waals surface area contributed by atoms with Crippen LogP contribution in [0.5, 0.6) is 0 Å². The molecule has 1 aliphatic heterocycles. The molecule has 0 spiro atoms. The minimum Gasteiger partial charge on any atom is -0.308 e. The lowest BCUT2D eigenvalue weighted by Crippen LogP contribution is -2.66. The molecule has 0 aromatic rings. The summed E-state index contributed by atoms with van der Waals surface area (Å²) in [4.78, 5) is 2.88. The Labute approximate surface area is 132 Å². The lowest BCUT2D eigenvalue weighted by atomic mass is 9.74. The molecule has 0 bridgehead atoms. The van der Waals surface area contributed by atoms with Gasteiger partial charge in [0.25, 0.3) is 0 Å². The Morgan fingerprint density at radius 2 is 1.76 bits per heavy atom. The van der Waals surface area contributed by atoms with Gasteiger partial charge in [-0.2, -0.15) is 0 Å². The van der Waals surface area contributed by atoms with Gasteiger partial charge in [-0.25, -0.2) is 0 Å². The van der Waals surface area contributed by atoms with Crippen LogP contribution in [0.4, 0.5) is 0 Å². The summed E-state index contributed by atoms with van der Waals surface area (Å²) in [5, 5.41) is 3.93. The topological polar surface area (TPSA) is 15.3 Å². The van der Waals surface area contributed by atoms with Crippen molar-refractivity contribution >= 4 is 0 Å². The third-order valence-electron chi connectivity index (χ3n) is 6.61. The number of hydrogen-bond acceptors (Lipinski definition) is 2. The molecule has 0 aromatic carbocycles. The second kappa shape index (κ2) is 5.85. The summed E-state index contributed by atoms with van der Waals surface area (Å²) in [6.45, 7) is 13.7. The van der Waals surface area contributed by atoms with E-state index in [1.165, 1.54) is 64.6 Å². The van der Waals surface area contributed by atoms with E-state index in [0.29, 0.717) is 11.0 Å². The summed E-state index contributed by atoms with van der Waals surface area (Å²) >= 11 is 0. The predicted molar refractivity (Wildman–Crippen MR) is 90.5 cm³/mol. The van der Waals surface area contributed by atoms with Crippen molar-refractivity contribution in [2.75, 3.05) is 19.6 Å². The largest absolute Gasteiger partial charge is 0.308 e.